The van der Waals surface area contributed by atoms with Gasteiger partial charge in [0.15, 0.2) is 0 Å². The van der Waals surface area contributed by atoms with Crippen molar-refractivity contribution in [2.45, 2.75) is 25.8 Å². The van der Waals surface area contributed by atoms with Gasteiger partial charge < -0.3 is 21.9 Å². The Bertz CT molecular complexity index is 942. The number of carboxylic acid groups (broad SMARTS) is 1. The van der Waals surface area contributed by atoms with Crippen LogP contribution >= 0.6 is 0 Å². The number of nitrogens with one attached hydrogen (secondary N) is 2. The molecule has 7 N–H and O–H groups in total. The van der Waals surface area contributed by atoms with Crippen molar-refractivity contribution in [3.05, 3.63) is 65.2 Å². The lowest BCUT2D eigenvalue weighted by atomic mass is 9.96. The normalized spacial score (nSPS) is 12.1. The Kier molecular flexibility index (Phi) is 7.30. The van der Waals surface area contributed by atoms with Gasteiger partial charge in [-0.1, -0.05) is 37.3 Å². The van der Waals surface area contributed by atoms with Gasteiger partial charge in [-0.05, 0) is 35.2 Å². The summed E-state index contributed by atoms with van der Waals surface area (Å²) in [6, 6.07) is 13.0. The Hall–Kier alpha value is -3.88. The highest BCUT2D eigenvalue weighted by Gasteiger charge is 2.11. The average Bonchev–Trinajstić information content (AvgIpc) is 2.65. The molecule has 2 aromatic carbocycles. The van der Waals surface area contributed by atoms with Crippen LogP contribution in [0.25, 0.3) is 0 Å². The van der Waals surface area contributed by atoms with Crippen LogP contribution < -0.4 is 22.1 Å². The number of nitrogens with two attached hydrogens (primary N) is 2. The van der Waals surface area contributed by atoms with E-state index in [2.05, 4.69) is 15.6 Å². The van der Waals surface area contributed by atoms with Crippen LogP contribution in [0.1, 0.15) is 40.7 Å². The number of amides is 3. The molecule has 0 bridgehead atoms. The second-order valence-electron chi connectivity index (χ2n) is 6.46. The zero-order valence-electron chi connectivity index (χ0n) is 15.9. The van der Waals surface area contributed by atoms with Gasteiger partial charge in [0.25, 0.3) is 5.91 Å². The van der Waals surface area contributed by atoms with E-state index in [-0.39, 0.29) is 30.8 Å². The Labute approximate surface area is 167 Å². The maximum atomic E-state index is 12.4. The monoisotopic (exact) mass is 397 g/mol. The van der Waals surface area contributed by atoms with Gasteiger partial charge >= 0.3 is 12.0 Å². The smallest absolute Gasteiger partial charge is 0.318 e. The first-order valence-corrected chi connectivity index (χ1v) is 8.84. The predicted octanol–water partition coefficient (Wildman–Crippen LogP) is 1.81. The van der Waals surface area contributed by atoms with Gasteiger partial charge in [-0.15, -0.1) is 0 Å². The van der Waals surface area contributed by atoms with Crippen molar-refractivity contribution in [1.29, 1.82) is 0 Å². The fourth-order valence-corrected chi connectivity index (χ4v) is 2.68. The topological polar surface area (TPSA) is 160 Å². The number of aliphatic carboxylic acids is 1. The minimum Gasteiger partial charge on any atom is -0.481 e. The molecule has 2 rings (SSSR count). The lowest BCUT2D eigenvalue weighted by Gasteiger charge is -2.12. The molecular weight excluding hydrogens is 374 g/mol. The first-order chi connectivity index (χ1) is 13.7. The number of hydrogen-bond acceptors (Lipinski definition) is 4. The van der Waals surface area contributed by atoms with Gasteiger partial charge in [0.1, 0.15) is 0 Å². The zero-order valence-corrected chi connectivity index (χ0v) is 15.9. The van der Waals surface area contributed by atoms with Crippen LogP contribution in [0.3, 0.4) is 0 Å². The lowest BCUT2D eigenvalue weighted by molar-refractivity contribution is -0.137. The Morgan fingerprint density at radius 1 is 1.10 bits per heavy atom. The number of hydrogen-bond donors (Lipinski definition) is 5. The summed E-state index contributed by atoms with van der Waals surface area (Å²) < 4.78 is 0. The number of aliphatic imine (C=N–C) groups is 1. The van der Waals surface area contributed by atoms with Crippen molar-refractivity contribution >= 4 is 29.6 Å². The Morgan fingerprint density at radius 2 is 1.83 bits per heavy atom. The van der Waals surface area contributed by atoms with E-state index in [9.17, 15) is 14.4 Å². The van der Waals surface area contributed by atoms with E-state index in [1.165, 1.54) is 6.07 Å². The fraction of sp³-hybridized carbons (Fsp3) is 0.200. The number of nitrogens with zero attached hydrogens (tertiary/aromatic N) is 1. The Balaban J connectivity index is 2.03. The van der Waals surface area contributed by atoms with Crippen molar-refractivity contribution in [3.63, 3.8) is 0 Å². The van der Waals surface area contributed by atoms with Crippen molar-refractivity contribution < 1.29 is 19.5 Å². The molecular formula is C20H23N5O4. The van der Waals surface area contributed by atoms with Gasteiger partial charge in [0.05, 0.1) is 12.1 Å². The largest absolute Gasteiger partial charge is 0.481 e. The van der Waals surface area contributed by atoms with E-state index in [1.807, 2.05) is 31.2 Å². The summed E-state index contributed by atoms with van der Waals surface area (Å²) in [4.78, 5) is 38.1. The maximum Gasteiger partial charge on any atom is 0.318 e. The third-order valence-corrected chi connectivity index (χ3v) is 4.06. The highest BCUT2D eigenvalue weighted by atomic mass is 16.4. The SMILES string of the molecule is CC(CC(=O)O)c1cccc(CNC(=O)c2cccc(N=C(N)NC(N)=O)c2)c1. The molecule has 29 heavy (non-hydrogen) atoms. The van der Waals surface area contributed by atoms with E-state index in [1.54, 1.807) is 18.2 Å². The van der Waals surface area contributed by atoms with Crippen LogP contribution in [0.5, 0.6) is 0 Å². The predicted molar refractivity (Wildman–Crippen MR) is 109 cm³/mol. The third kappa shape index (κ3) is 6.98. The van der Waals surface area contributed by atoms with Crippen LogP contribution in [0.2, 0.25) is 0 Å². The van der Waals surface area contributed by atoms with Gasteiger partial charge in [-0.25, -0.2) is 9.79 Å². The number of urea groups is 1. The molecule has 0 aliphatic heterocycles. The zero-order chi connectivity index (χ0) is 21.4. The van der Waals surface area contributed by atoms with E-state index >= 15 is 0 Å². The quantitative estimate of drug-likeness (QED) is 0.355. The first-order valence-electron chi connectivity index (χ1n) is 8.84. The molecule has 0 spiro atoms. The summed E-state index contributed by atoms with van der Waals surface area (Å²) in [6.07, 6.45) is 0.0386. The van der Waals surface area contributed by atoms with Crippen LogP contribution in [0.4, 0.5) is 10.5 Å². The average molecular weight is 397 g/mol. The van der Waals surface area contributed by atoms with Crippen molar-refractivity contribution in [2.75, 3.05) is 0 Å². The van der Waals surface area contributed by atoms with E-state index in [0.717, 1.165) is 11.1 Å². The molecule has 3 amide bonds. The van der Waals surface area contributed by atoms with Crippen molar-refractivity contribution in [2.24, 2.45) is 16.5 Å². The summed E-state index contributed by atoms with van der Waals surface area (Å²) in [5.41, 5.74) is 13.0. The molecule has 1 atom stereocenters. The van der Waals surface area contributed by atoms with Crippen LogP contribution in [-0.2, 0) is 11.3 Å². The number of carbonyl (C=O) groups excluding carboxylic acids is 2. The second kappa shape index (κ2) is 9.88. The van der Waals surface area contributed by atoms with E-state index < -0.39 is 12.0 Å². The maximum absolute atomic E-state index is 12.4. The standard InChI is InChI=1S/C20H23N5O4/c1-12(8-17(26)27)14-5-2-4-13(9-14)11-23-18(28)15-6-3-7-16(10-15)24-19(21)25-20(22)29/h2-7,9-10,12H,8,11H2,1H3,(H,23,28)(H,26,27)(H5,21,22,24,25,29). The van der Waals surface area contributed by atoms with Gasteiger partial charge in [0, 0.05) is 12.1 Å². The number of rotatable bonds is 7. The molecule has 0 aliphatic carbocycles. The summed E-state index contributed by atoms with van der Waals surface area (Å²) in [6.45, 7) is 2.13. The molecule has 0 saturated carbocycles. The number of carboxylic acids is 1. The van der Waals surface area contributed by atoms with Crippen LogP contribution in [0, 0.1) is 0 Å². The van der Waals surface area contributed by atoms with Crippen molar-refractivity contribution in [3.8, 4) is 0 Å². The van der Waals surface area contributed by atoms with Crippen LogP contribution in [-0.4, -0.2) is 29.0 Å². The minimum atomic E-state index is -0.856. The molecule has 152 valence electrons. The molecule has 9 nitrogen and oxygen atoms in total. The molecule has 2 aromatic rings. The molecule has 1 unspecified atom stereocenters. The van der Waals surface area contributed by atoms with Crippen molar-refractivity contribution in [1.82, 2.24) is 10.6 Å². The molecule has 9 heteroatoms. The lowest BCUT2D eigenvalue weighted by Crippen LogP contribution is -2.39. The molecule has 0 saturated heterocycles. The second-order valence-corrected chi connectivity index (χ2v) is 6.46. The molecule has 0 aromatic heterocycles. The number of benzene rings is 2. The summed E-state index contributed by atoms with van der Waals surface area (Å²) in [7, 11) is 0. The third-order valence-electron chi connectivity index (χ3n) is 4.06. The van der Waals surface area contributed by atoms with E-state index in [4.69, 9.17) is 16.6 Å². The Morgan fingerprint density at radius 3 is 2.52 bits per heavy atom. The molecule has 0 radical (unpaired) electrons. The molecule has 0 heterocycles. The molecule has 0 aliphatic rings. The van der Waals surface area contributed by atoms with E-state index in [0.29, 0.717) is 11.3 Å². The van der Waals surface area contributed by atoms with Gasteiger partial charge in [-0.2, -0.15) is 0 Å². The number of guanidine groups is 1. The first kappa shape index (κ1) is 21.4. The molecule has 0 fully saturated rings. The number of carbonyl (C=O) groups is 3. The minimum absolute atomic E-state index is 0.0386. The van der Waals surface area contributed by atoms with Gasteiger partial charge in [-0.3, -0.25) is 14.9 Å². The summed E-state index contributed by atoms with van der Waals surface area (Å²) >= 11 is 0. The highest BCUT2D eigenvalue weighted by molar-refractivity contribution is 5.97. The van der Waals surface area contributed by atoms with Gasteiger partial charge in [0.2, 0.25) is 5.96 Å². The fourth-order valence-electron chi connectivity index (χ4n) is 2.68. The summed E-state index contributed by atoms with van der Waals surface area (Å²) in [5, 5.41) is 13.9. The summed E-state index contributed by atoms with van der Waals surface area (Å²) in [5.74, 6) is -1.47. The highest BCUT2D eigenvalue weighted by Crippen LogP contribution is 2.20. The number of primary amides is 1. The van der Waals surface area contributed by atoms with Crippen LogP contribution in [0.15, 0.2) is 53.5 Å².